The van der Waals surface area contributed by atoms with Crippen molar-refractivity contribution in [3.05, 3.63) is 0 Å². The Labute approximate surface area is 763 Å². The van der Waals surface area contributed by atoms with Crippen molar-refractivity contribution >= 4 is 0 Å². The van der Waals surface area contributed by atoms with E-state index in [0.717, 1.165) is 214 Å². The molecule has 732 valence electrons. The van der Waals surface area contributed by atoms with E-state index in [9.17, 15) is 0 Å². The minimum Gasteiger partial charge on any atom is -0.381 e. The minimum atomic E-state index is 0.513. The highest BCUT2D eigenvalue weighted by Crippen LogP contribution is 2.25. The summed E-state index contributed by atoms with van der Waals surface area (Å²) in [6, 6.07) is 7.10. The van der Waals surface area contributed by atoms with Crippen LogP contribution in [0.3, 0.4) is 0 Å². The van der Waals surface area contributed by atoms with E-state index in [1.807, 2.05) is 0 Å². The van der Waals surface area contributed by atoms with Gasteiger partial charge in [0.2, 0.25) is 0 Å². The fraction of sp³-hybridized carbons (Fsp3) is 1.00. The largest absolute Gasteiger partial charge is 0.381 e. The van der Waals surface area contributed by atoms with Crippen LogP contribution in [0, 0.1) is 107 Å². The Balaban J connectivity index is 0.000000648. The van der Waals surface area contributed by atoms with Gasteiger partial charge in [-0.05, 0) is 412 Å². The monoisotopic (exact) mass is 1730 g/mol. The summed E-state index contributed by atoms with van der Waals surface area (Å²) < 4.78 is 26.5. The van der Waals surface area contributed by atoms with Gasteiger partial charge in [-0.3, -0.25) is 0 Å². The number of likely N-dealkylation sites (tertiary alicyclic amines) is 5. The summed E-state index contributed by atoms with van der Waals surface area (Å²) in [6.45, 7) is 92.4. The van der Waals surface area contributed by atoms with Crippen LogP contribution in [0.15, 0.2) is 0 Å². The van der Waals surface area contributed by atoms with E-state index in [2.05, 4.69) is 298 Å². The molecule has 0 saturated carbocycles. The Kier molecular flexibility index (Phi) is 69.5. The molecule has 17 fully saturated rings. The number of rotatable bonds is 0. The van der Waals surface area contributed by atoms with Crippen molar-refractivity contribution in [2.75, 3.05) is 186 Å². The van der Waals surface area contributed by atoms with Gasteiger partial charge in [-0.25, -0.2) is 0 Å². The van der Waals surface area contributed by atoms with Gasteiger partial charge in [0.25, 0.3) is 0 Å². The van der Waals surface area contributed by atoms with Crippen LogP contribution < -0.4 is 37.2 Å². The molecule has 0 aromatic heterocycles. The lowest BCUT2D eigenvalue weighted by Gasteiger charge is -2.33. The van der Waals surface area contributed by atoms with Crippen LogP contribution in [0.25, 0.3) is 0 Å². The molecule has 7 N–H and O–H groups in total. The molecule has 28 unspecified atom stereocenters. The number of nitrogens with zero attached hydrogens (tertiary/aromatic N) is 5. The highest BCUT2D eigenvalue weighted by molar-refractivity contribution is 4.82. The van der Waals surface area contributed by atoms with Crippen molar-refractivity contribution in [3.63, 3.8) is 0 Å². The topological polar surface area (TPSA) is 147 Å². The Morgan fingerprint density at radius 1 is 0.246 bits per heavy atom. The summed E-state index contributed by atoms with van der Waals surface area (Å²) >= 11 is 0. The van der Waals surface area contributed by atoms with Gasteiger partial charge in [-0.1, -0.05) is 125 Å². The summed E-state index contributed by atoms with van der Waals surface area (Å²) in [4.78, 5) is 11.9. The predicted octanol–water partition coefficient (Wildman–Crippen LogP) is 20.0. The lowest BCUT2D eigenvalue weighted by atomic mass is 9.92. The second-order valence-corrected chi connectivity index (χ2v) is 44.5. The molecule has 17 aliphatic heterocycles. The maximum absolute atomic E-state index is 5.39. The average Bonchev–Trinajstić information content (AvgIpc) is 1.60. The molecule has 17 saturated heterocycles. The minimum absolute atomic E-state index is 0.513. The third kappa shape index (κ3) is 62.6. The van der Waals surface area contributed by atoms with E-state index >= 15 is 0 Å². The van der Waals surface area contributed by atoms with Crippen LogP contribution >= 0.6 is 0 Å². The maximum atomic E-state index is 5.39. The van der Waals surface area contributed by atoms with Crippen LogP contribution in [0.1, 0.15) is 323 Å². The second kappa shape index (κ2) is 71.0. The molecule has 122 heavy (non-hydrogen) atoms. The van der Waals surface area contributed by atoms with Crippen molar-refractivity contribution in [2.45, 2.75) is 389 Å². The second-order valence-electron chi connectivity index (χ2n) is 44.5. The zero-order valence-corrected chi connectivity index (χ0v) is 88.2. The molecule has 0 spiro atoms. The SMILES string of the molecule is CC1CCC(C)N1.CC1CCC(C)OC1.CC1CCCN1C.CC1CCCN1C.CC1CCN(C)C1.CC1CCN(C)C1.CC1CCNC1C.CC1CCNC1C.CC1CCOC(C)C1.CC1CCOCC1C.CC1CCOCC1C.CC1CN(C)C1.CC1CNC(C)C1.CC1CNC(C)C1.CC1CNC1C.CC1CNCC1C.CC1COCC(C)C1. The van der Waals surface area contributed by atoms with Gasteiger partial charge in [0.15, 0.2) is 0 Å². The normalized spacial score (nSPS) is 38.9. The molecule has 17 heterocycles. The third-order valence-corrected chi connectivity index (χ3v) is 29.6. The number of ether oxygens (including phenoxy) is 5. The zero-order valence-electron chi connectivity index (χ0n) is 88.2. The van der Waals surface area contributed by atoms with Crippen LogP contribution in [-0.2, 0) is 23.7 Å². The van der Waals surface area contributed by atoms with Gasteiger partial charge in [0.05, 0.1) is 12.2 Å². The summed E-state index contributed by atoms with van der Waals surface area (Å²) in [5, 5.41) is 23.5. The fourth-order valence-electron chi connectivity index (χ4n) is 18.0. The van der Waals surface area contributed by atoms with Gasteiger partial charge < -0.3 is 85.4 Å². The maximum Gasteiger partial charge on any atom is 0.0549 e. The average molecular weight is 1730 g/mol. The molecule has 28 atom stereocenters. The third-order valence-electron chi connectivity index (χ3n) is 29.6. The number of hydrogen-bond acceptors (Lipinski definition) is 17. The zero-order chi connectivity index (χ0) is 91.8. The van der Waals surface area contributed by atoms with Crippen molar-refractivity contribution in [1.29, 1.82) is 0 Å². The Morgan fingerprint density at radius 2 is 0.680 bits per heavy atom. The Hall–Kier alpha value is -0.680. The number of nitrogens with one attached hydrogen (secondary N) is 7. The van der Waals surface area contributed by atoms with E-state index in [4.69, 9.17) is 23.7 Å². The van der Waals surface area contributed by atoms with Gasteiger partial charge in [0, 0.05) is 133 Å². The Bertz CT molecular complexity index is 1960. The lowest BCUT2D eigenvalue weighted by Crippen LogP contribution is -2.49. The fourth-order valence-corrected chi connectivity index (χ4v) is 18.0. The van der Waals surface area contributed by atoms with Crippen LogP contribution in [0.2, 0.25) is 0 Å². The van der Waals surface area contributed by atoms with Crippen molar-refractivity contribution in [1.82, 2.24) is 61.7 Å². The summed E-state index contributed by atoms with van der Waals surface area (Å²) in [7, 11) is 10.9. The highest BCUT2D eigenvalue weighted by Gasteiger charge is 2.26. The van der Waals surface area contributed by atoms with E-state index in [-0.39, 0.29) is 0 Å². The first-order valence-corrected chi connectivity index (χ1v) is 52.1. The van der Waals surface area contributed by atoms with E-state index < -0.39 is 0 Å². The van der Waals surface area contributed by atoms with E-state index in [0.29, 0.717) is 12.2 Å². The molecule has 0 radical (unpaired) electrons. The van der Waals surface area contributed by atoms with Crippen LogP contribution in [0.5, 0.6) is 0 Å². The standard InChI is InChI=1S/5C7H14O.10C6H13N.2C5H11N/c1-6-3-7(2)5-8-4-6;2*1-6-3-4-8-5-7(6)2;1-6-3-4-8-7(2)5-6;1-6-3-4-7(2)8-5-6;1-5-3-7-4-6(5)2;2*1-5-3-6(2)7-4-5;2*1-6-3-4-7(2)5-6;2*1-6-4-3-5-7(6)2;2*1-5-3-4-7-6(5)2;1-5-3-4-6(2)7-5;1-5-3-6(2)4-5;1-4-3-6-5(4)2/h5*6-7H,3-5H2,1-2H3;3*5-7H,3-4H2,1-2H3;4*6H,3-5H2,1-2H3;3*5-7H,3-4H2,1-2H3;5H,3-4H2,1-2H3;4-6H,3H2,1-2H3. The first-order chi connectivity index (χ1) is 57.5. The molecule has 0 bridgehead atoms. The quantitative estimate of drug-likeness (QED) is 0.123. The van der Waals surface area contributed by atoms with Crippen molar-refractivity contribution in [3.8, 4) is 0 Å². The molecule has 0 aromatic rings. The smallest absolute Gasteiger partial charge is 0.0549 e. The van der Waals surface area contributed by atoms with E-state index in [1.165, 1.54) is 220 Å². The molecule has 0 amide bonds. The molecule has 17 aliphatic rings. The van der Waals surface area contributed by atoms with Crippen molar-refractivity contribution < 1.29 is 23.7 Å². The lowest BCUT2D eigenvalue weighted by molar-refractivity contribution is 0.000262. The van der Waals surface area contributed by atoms with Crippen LogP contribution in [-0.4, -0.2) is 277 Å². The molecule has 17 nitrogen and oxygen atoms in total. The van der Waals surface area contributed by atoms with Gasteiger partial charge in [-0.15, -0.1) is 0 Å². The molecule has 17 rings (SSSR count). The van der Waals surface area contributed by atoms with E-state index in [1.54, 1.807) is 0 Å². The first kappa shape index (κ1) is 119. The molecular formula is C105H222N12O5. The molecular weight excluding hydrogens is 1510 g/mol. The van der Waals surface area contributed by atoms with Crippen molar-refractivity contribution in [2.24, 2.45) is 107 Å². The molecule has 17 heteroatoms. The van der Waals surface area contributed by atoms with Crippen LogP contribution in [0.4, 0.5) is 0 Å². The Morgan fingerprint density at radius 3 is 0.820 bits per heavy atom. The molecule has 0 aliphatic carbocycles. The van der Waals surface area contributed by atoms with Gasteiger partial charge in [0.1, 0.15) is 0 Å². The predicted molar refractivity (Wildman–Crippen MR) is 535 cm³/mol. The van der Waals surface area contributed by atoms with Gasteiger partial charge >= 0.3 is 0 Å². The highest BCUT2D eigenvalue weighted by atomic mass is 16.5. The summed E-state index contributed by atoms with van der Waals surface area (Å²) in [6.07, 6.45) is 26.6. The summed E-state index contributed by atoms with van der Waals surface area (Å²) in [5.74, 6) is 15.8. The first-order valence-electron chi connectivity index (χ1n) is 52.1. The van der Waals surface area contributed by atoms with Gasteiger partial charge in [-0.2, -0.15) is 0 Å². The molecule has 0 aromatic carbocycles. The summed E-state index contributed by atoms with van der Waals surface area (Å²) in [5.41, 5.74) is 0. The number of hydrogen-bond donors (Lipinski definition) is 7.